The Labute approximate surface area is 136 Å². The maximum Gasteiger partial charge on any atom is 0.334 e. The molecule has 0 saturated heterocycles. The lowest BCUT2D eigenvalue weighted by atomic mass is 9.90. The van der Waals surface area contributed by atoms with Crippen LogP contribution in [0.5, 0.6) is 0 Å². The van der Waals surface area contributed by atoms with Crippen LogP contribution < -0.4 is 0 Å². The zero-order valence-corrected chi connectivity index (χ0v) is 13.5. The van der Waals surface area contributed by atoms with E-state index in [1.165, 1.54) is 19.2 Å². The van der Waals surface area contributed by atoms with Gasteiger partial charge in [0.15, 0.2) is 0 Å². The molecule has 0 aliphatic carbocycles. The van der Waals surface area contributed by atoms with Crippen molar-refractivity contribution in [1.82, 2.24) is 0 Å². The summed E-state index contributed by atoms with van der Waals surface area (Å²) in [5, 5.41) is 0. The molecule has 0 spiro atoms. The van der Waals surface area contributed by atoms with Gasteiger partial charge in [0.2, 0.25) is 0 Å². The monoisotopic (exact) mass is 312 g/mol. The smallest absolute Gasteiger partial charge is 0.334 e. The fourth-order valence-corrected chi connectivity index (χ4v) is 2.54. The van der Waals surface area contributed by atoms with Gasteiger partial charge in [-0.3, -0.25) is 0 Å². The number of hydrogen-bond donors (Lipinski definition) is 0. The predicted molar refractivity (Wildman–Crippen MR) is 90.4 cm³/mol. The van der Waals surface area contributed by atoms with Crippen LogP contribution >= 0.6 is 0 Å². The number of methoxy groups -OCH3 is 1. The summed E-state index contributed by atoms with van der Waals surface area (Å²) >= 11 is 0. The Morgan fingerprint density at radius 1 is 1.00 bits per heavy atom. The van der Waals surface area contributed by atoms with E-state index in [9.17, 15) is 9.18 Å². The second kappa shape index (κ2) is 8.28. The third-order valence-corrected chi connectivity index (χ3v) is 3.71. The Hall–Kier alpha value is -2.42. The van der Waals surface area contributed by atoms with Crippen molar-refractivity contribution in [3.8, 4) is 0 Å². The molecule has 0 radical (unpaired) electrons. The average Bonchev–Trinajstić information content (AvgIpc) is 2.60. The summed E-state index contributed by atoms with van der Waals surface area (Å²) in [6.07, 6.45) is 2.50. The van der Waals surface area contributed by atoms with E-state index in [4.69, 9.17) is 4.74 Å². The van der Waals surface area contributed by atoms with Gasteiger partial charge in [0.1, 0.15) is 5.82 Å². The standard InChI is InChI=1S/C20H21FO2/c1-3-4-10-18(20(22)23-2)19(15-8-6-5-7-9-15)16-11-13-17(21)14-12-16/h5-9,11-14H,3-4,10H2,1-2H3/b19-18-. The molecule has 0 atom stereocenters. The van der Waals surface area contributed by atoms with Gasteiger partial charge in [0, 0.05) is 5.57 Å². The molecular formula is C20H21FO2. The van der Waals surface area contributed by atoms with E-state index in [0.29, 0.717) is 12.0 Å². The first kappa shape index (κ1) is 16.9. The fraction of sp³-hybridized carbons (Fsp3) is 0.250. The summed E-state index contributed by atoms with van der Waals surface area (Å²) in [6.45, 7) is 2.08. The van der Waals surface area contributed by atoms with Gasteiger partial charge in [0.25, 0.3) is 0 Å². The molecule has 2 nitrogen and oxygen atoms in total. The van der Waals surface area contributed by atoms with Crippen LogP contribution in [0.3, 0.4) is 0 Å². The molecule has 2 aromatic rings. The van der Waals surface area contributed by atoms with Crippen molar-refractivity contribution in [3.63, 3.8) is 0 Å². The van der Waals surface area contributed by atoms with E-state index < -0.39 is 0 Å². The number of carbonyl (C=O) groups excluding carboxylic acids is 1. The number of unbranched alkanes of at least 4 members (excludes halogenated alkanes) is 1. The normalized spacial score (nSPS) is 11.8. The van der Waals surface area contributed by atoms with E-state index in [1.807, 2.05) is 30.3 Å². The van der Waals surface area contributed by atoms with Crippen LogP contribution in [0, 0.1) is 5.82 Å². The summed E-state index contributed by atoms with van der Waals surface area (Å²) < 4.78 is 18.3. The first-order valence-corrected chi connectivity index (χ1v) is 7.80. The van der Waals surface area contributed by atoms with Crippen molar-refractivity contribution in [2.45, 2.75) is 26.2 Å². The Morgan fingerprint density at radius 3 is 2.17 bits per heavy atom. The van der Waals surface area contributed by atoms with Crippen LogP contribution in [0.15, 0.2) is 60.2 Å². The van der Waals surface area contributed by atoms with Crippen LogP contribution in [-0.2, 0) is 9.53 Å². The number of benzene rings is 2. The number of hydrogen-bond acceptors (Lipinski definition) is 2. The second-order valence-electron chi connectivity index (χ2n) is 5.32. The molecule has 0 fully saturated rings. The molecule has 0 aromatic heterocycles. The molecular weight excluding hydrogens is 291 g/mol. The Balaban J connectivity index is 2.64. The minimum Gasteiger partial charge on any atom is -0.466 e. The first-order valence-electron chi connectivity index (χ1n) is 7.80. The molecule has 23 heavy (non-hydrogen) atoms. The maximum atomic E-state index is 13.3. The first-order chi connectivity index (χ1) is 11.2. The van der Waals surface area contributed by atoms with Crippen molar-refractivity contribution < 1.29 is 13.9 Å². The van der Waals surface area contributed by atoms with Crippen LogP contribution in [0.1, 0.15) is 37.3 Å². The number of carbonyl (C=O) groups is 1. The summed E-state index contributed by atoms with van der Waals surface area (Å²) in [7, 11) is 1.39. The highest BCUT2D eigenvalue weighted by atomic mass is 19.1. The topological polar surface area (TPSA) is 26.3 Å². The third kappa shape index (κ3) is 4.28. The van der Waals surface area contributed by atoms with Gasteiger partial charge in [-0.25, -0.2) is 9.18 Å². The van der Waals surface area contributed by atoms with Crippen LogP contribution in [-0.4, -0.2) is 13.1 Å². The average molecular weight is 312 g/mol. The van der Waals surface area contributed by atoms with Gasteiger partial charge in [-0.1, -0.05) is 55.8 Å². The predicted octanol–water partition coefficient (Wildman–Crippen LogP) is 4.99. The third-order valence-electron chi connectivity index (χ3n) is 3.71. The Kier molecular flexibility index (Phi) is 6.10. The summed E-state index contributed by atoms with van der Waals surface area (Å²) in [5.74, 6) is -0.629. The summed E-state index contributed by atoms with van der Waals surface area (Å²) in [4.78, 5) is 12.3. The summed E-state index contributed by atoms with van der Waals surface area (Å²) in [5.41, 5.74) is 3.18. The van der Waals surface area contributed by atoms with Crippen LogP contribution in [0.2, 0.25) is 0 Å². The molecule has 0 bridgehead atoms. The minimum atomic E-state index is -0.332. The van der Waals surface area contributed by atoms with Gasteiger partial charge in [-0.15, -0.1) is 0 Å². The molecule has 0 aliphatic rings. The second-order valence-corrected chi connectivity index (χ2v) is 5.32. The molecule has 0 amide bonds. The zero-order chi connectivity index (χ0) is 16.7. The number of esters is 1. The van der Waals surface area contributed by atoms with Crippen molar-refractivity contribution in [2.24, 2.45) is 0 Å². The van der Waals surface area contributed by atoms with E-state index in [-0.39, 0.29) is 11.8 Å². The molecule has 0 N–H and O–H groups in total. The van der Waals surface area contributed by atoms with E-state index in [1.54, 1.807) is 12.1 Å². The maximum absolute atomic E-state index is 13.3. The number of halogens is 1. The zero-order valence-electron chi connectivity index (χ0n) is 13.5. The highest BCUT2D eigenvalue weighted by Crippen LogP contribution is 2.30. The van der Waals surface area contributed by atoms with Crippen LogP contribution in [0.4, 0.5) is 4.39 Å². The highest BCUT2D eigenvalue weighted by molar-refractivity contribution is 6.01. The van der Waals surface area contributed by atoms with Gasteiger partial charge in [0.05, 0.1) is 7.11 Å². The Morgan fingerprint density at radius 2 is 1.61 bits per heavy atom. The molecule has 0 unspecified atom stereocenters. The van der Waals surface area contributed by atoms with Crippen LogP contribution in [0.25, 0.3) is 5.57 Å². The largest absolute Gasteiger partial charge is 0.466 e. The molecule has 2 aromatic carbocycles. The summed E-state index contributed by atoms with van der Waals surface area (Å²) in [6, 6.07) is 15.9. The Bertz CT molecular complexity index is 673. The van der Waals surface area contributed by atoms with Crippen molar-refractivity contribution in [3.05, 3.63) is 77.1 Å². The van der Waals surface area contributed by atoms with E-state index in [2.05, 4.69) is 6.92 Å². The lowest BCUT2D eigenvalue weighted by molar-refractivity contribution is -0.136. The van der Waals surface area contributed by atoms with Gasteiger partial charge < -0.3 is 4.74 Å². The lowest BCUT2D eigenvalue weighted by Crippen LogP contribution is -2.09. The molecule has 0 heterocycles. The lowest BCUT2D eigenvalue weighted by Gasteiger charge is -2.15. The molecule has 2 rings (SSSR count). The van der Waals surface area contributed by atoms with Gasteiger partial charge in [-0.05, 0) is 41.7 Å². The van der Waals surface area contributed by atoms with E-state index in [0.717, 1.165) is 29.5 Å². The fourth-order valence-electron chi connectivity index (χ4n) is 2.54. The number of rotatable bonds is 6. The quantitative estimate of drug-likeness (QED) is 0.555. The molecule has 0 saturated carbocycles. The van der Waals surface area contributed by atoms with Gasteiger partial charge >= 0.3 is 5.97 Å². The van der Waals surface area contributed by atoms with Crippen molar-refractivity contribution >= 4 is 11.5 Å². The minimum absolute atomic E-state index is 0.297. The number of ether oxygens (including phenoxy) is 1. The SMILES string of the molecule is CCCC/C(C(=O)OC)=C(\c1ccccc1)c1ccc(F)cc1. The molecule has 3 heteroatoms. The van der Waals surface area contributed by atoms with Crippen molar-refractivity contribution in [2.75, 3.05) is 7.11 Å². The molecule has 120 valence electrons. The van der Waals surface area contributed by atoms with Crippen molar-refractivity contribution in [1.29, 1.82) is 0 Å². The highest BCUT2D eigenvalue weighted by Gasteiger charge is 2.18. The van der Waals surface area contributed by atoms with Gasteiger partial charge in [-0.2, -0.15) is 0 Å². The van der Waals surface area contributed by atoms with E-state index >= 15 is 0 Å². The molecule has 0 aliphatic heterocycles.